The van der Waals surface area contributed by atoms with Crippen LogP contribution in [-0.2, 0) is 23.4 Å². The van der Waals surface area contributed by atoms with Gasteiger partial charge >= 0.3 is 0 Å². The molecule has 0 bridgehead atoms. The Labute approximate surface area is 125 Å². The Kier molecular flexibility index (Phi) is 14.0. The molecule has 0 heterocycles. The van der Waals surface area contributed by atoms with Gasteiger partial charge in [-0.1, -0.05) is 0 Å². The molecule has 0 aliphatic heterocycles. The van der Waals surface area contributed by atoms with Crippen LogP contribution in [0.1, 0.15) is 13.3 Å². The van der Waals surface area contributed by atoms with Crippen LogP contribution in [0.5, 0.6) is 0 Å². The normalized spacial score (nSPS) is 12.0. The Morgan fingerprint density at radius 1 is 0.750 bits per heavy atom. The lowest BCUT2D eigenvalue weighted by molar-refractivity contribution is 0.00369. The maximum Gasteiger partial charge on any atom is 0.186 e. The molecule has 0 aliphatic carbocycles. The molecular formula is C14H32O5Si. The third kappa shape index (κ3) is 14.4. The van der Waals surface area contributed by atoms with E-state index in [1.54, 1.807) is 7.11 Å². The first-order valence-electron chi connectivity index (χ1n) is 7.48. The third-order valence-corrected chi connectivity index (χ3v) is 5.41. The average Bonchev–Trinajstić information content (AvgIpc) is 2.40. The first-order chi connectivity index (χ1) is 9.62. The topological polar surface area (TPSA) is 46.2 Å². The van der Waals surface area contributed by atoms with E-state index in [0.29, 0.717) is 39.6 Å². The molecule has 0 aliphatic rings. The van der Waals surface area contributed by atoms with Gasteiger partial charge in [-0.3, -0.25) is 0 Å². The quantitative estimate of drug-likeness (QED) is 0.343. The van der Waals surface area contributed by atoms with Crippen molar-refractivity contribution in [3.05, 3.63) is 0 Å². The van der Waals surface area contributed by atoms with E-state index >= 15 is 0 Å². The van der Waals surface area contributed by atoms with Crippen molar-refractivity contribution >= 4 is 8.32 Å². The monoisotopic (exact) mass is 308 g/mol. The summed E-state index contributed by atoms with van der Waals surface area (Å²) in [5.41, 5.74) is 0. The van der Waals surface area contributed by atoms with Crippen LogP contribution in [0.15, 0.2) is 0 Å². The van der Waals surface area contributed by atoms with Crippen molar-refractivity contribution in [2.24, 2.45) is 0 Å². The van der Waals surface area contributed by atoms with Crippen molar-refractivity contribution in [3.8, 4) is 0 Å². The second kappa shape index (κ2) is 14.0. The van der Waals surface area contributed by atoms with Gasteiger partial charge in [0.05, 0.1) is 39.6 Å². The Bertz CT molecular complexity index is 202. The van der Waals surface area contributed by atoms with Gasteiger partial charge in [0.25, 0.3) is 0 Å². The molecule has 6 heteroatoms. The Hall–Kier alpha value is 0.0169. The molecule has 0 radical (unpaired) electrons. The van der Waals surface area contributed by atoms with E-state index in [0.717, 1.165) is 25.7 Å². The lowest BCUT2D eigenvalue weighted by Gasteiger charge is -2.21. The van der Waals surface area contributed by atoms with Crippen molar-refractivity contribution in [1.29, 1.82) is 0 Å². The van der Waals surface area contributed by atoms with E-state index in [4.69, 9.17) is 23.4 Å². The summed E-state index contributed by atoms with van der Waals surface area (Å²) >= 11 is 0. The van der Waals surface area contributed by atoms with Crippen LogP contribution < -0.4 is 0 Å². The second-order valence-corrected chi connectivity index (χ2v) is 9.43. The maximum atomic E-state index is 5.77. The summed E-state index contributed by atoms with van der Waals surface area (Å²) in [7, 11) is 0.223. The number of hydrogen-bond donors (Lipinski definition) is 0. The summed E-state index contributed by atoms with van der Waals surface area (Å²) in [4.78, 5) is 0. The summed E-state index contributed by atoms with van der Waals surface area (Å²) in [6.07, 6.45) is 1.07. The molecule has 0 aromatic heterocycles. The molecule has 0 N–H and O–H groups in total. The number of rotatable bonds is 15. The average molecular weight is 308 g/mol. The van der Waals surface area contributed by atoms with E-state index in [9.17, 15) is 0 Å². The standard InChI is InChI=1S/C14H32O5Si/c1-5-19-20(3,4)14-6-7-16-10-11-18-13-12-17-9-8-15-2/h5-14H2,1-4H3. The van der Waals surface area contributed by atoms with Gasteiger partial charge in [0.1, 0.15) is 0 Å². The molecule has 0 fully saturated rings. The number of methoxy groups -OCH3 is 1. The van der Waals surface area contributed by atoms with Crippen LogP contribution >= 0.6 is 0 Å². The second-order valence-electron chi connectivity index (χ2n) is 5.13. The predicted octanol–water partition coefficient (Wildman–Crippen LogP) is 2.31. The highest BCUT2D eigenvalue weighted by Gasteiger charge is 2.20. The summed E-state index contributed by atoms with van der Waals surface area (Å²) in [6.45, 7) is 11.9. The van der Waals surface area contributed by atoms with Crippen molar-refractivity contribution in [2.75, 3.05) is 60.0 Å². The smallest absolute Gasteiger partial charge is 0.186 e. The van der Waals surface area contributed by atoms with Gasteiger partial charge in [0.15, 0.2) is 8.32 Å². The molecule has 0 aromatic rings. The van der Waals surface area contributed by atoms with Crippen molar-refractivity contribution < 1.29 is 23.4 Å². The van der Waals surface area contributed by atoms with E-state index in [1.165, 1.54) is 0 Å². The largest absolute Gasteiger partial charge is 0.418 e. The van der Waals surface area contributed by atoms with Gasteiger partial charge in [-0.25, -0.2) is 0 Å². The Morgan fingerprint density at radius 2 is 1.25 bits per heavy atom. The Morgan fingerprint density at radius 3 is 1.75 bits per heavy atom. The van der Waals surface area contributed by atoms with Crippen LogP contribution in [-0.4, -0.2) is 68.3 Å². The lowest BCUT2D eigenvalue weighted by Crippen LogP contribution is -2.30. The fourth-order valence-corrected chi connectivity index (χ4v) is 3.67. The van der Waals surface area contributed by atoms with Crippen molar-refractivity contribution in [3.63, 3.8) is 0 Å². The minimum atomic E-state index is -1.44. The Balaban J connectivity index is 3.13. The zero-order chi connectivity index (χ0) is 15.1. The fraction of sp³-hybridized carbons (Fsp3) is 1.00. The molecule has 122 valence electrons. The highest BCUT2D eigenvalue weighted by Crippen LogP contribution is 2.13. The summed E-state index contributed by atoms with van der Waals surface area (Å²) in [5, 5.41) is 0. The van der Waals surface area contributed by atoms with Gasteiger partial charge in [0.2, 0.25) is 0 Å². The third-order valence-electron chi connectivity index (χ3n) is 2.78. The van der Waals surface area contributed by atoms with Crippen LogP contribution in [0.4, 0.5) is 0 Å². The molecule has 0 aromatic carbocycles. The fourth-order valence-electron chi connectivity index (χ4n) is 1.75. The van der Waals surface area contributed by atoms with Gasteiger partial charge < -0.3 is 23.4 Å². The van der Waals surface area contributed by atoms with Crippen LogP contribution in [0.25, 0.3) is 0 Å². The SMILES string of the molecule is CCO[Si](C)(C)CCCOCCOCCOCCOC. The minimum Gasteiger partial charge on any atom is -0.418 e. The van der Waals surface area contributed by atoms with E-state index < -0.39 is 8.32 Å². The first-order valence-corrected chi connectivity index (χ1v) is 10.6. The van der Waals surface area contributed by atoms with E-state index in [-0.39, 0.29) is 0 Å². The summed E-state index contributed by atoms with van der Waals surface area (Å²) in [5.74, 6) is 0. The minimum absolute atomic E-state index is 0.608. The molecule has 0 saturated carbocycles. The number of hydrogen-bond acceptors (Lipinski definition) is 5. The lowest BCUT2D eigenvalue weighted by atomic mass is 10.5. The van der Waals surface area contributed by atoms with Crippen LogP contribution in [0.3, 0.4) is 0 Å². The first kappa shape index (κ1) is 20.0. The molecule has 0 amide bonds. The van der Waals surface area contributed by atoms with Gasteiger partial charge in [-0.05, 0) is 32.5 Å². The highest BCUT2D eigenvalue weighted by atomic mass is 28.4. The van der Waals surface area contributed by atoms with E-state index in [1.807, 2.05) is 0 Å². The molecule has 0 spiro atoms. The van der Waals surface area contributed by atoms with Crippen LogP contribution in [0, 0.1) is 0 Å². The summed E-state index contributed by atoms with van der Waals surface area (Å²) < 4.78 is 26.8. The van der Waals surface area contributed by atoms with Gasteiger partial charge in [-0.15, -0.1) is 0 Å². The van der Waals surface area contributed by atoms with Crippen molar-refractivity contribution in [1.82, 2.24) is 0 Å². The predicted molar refractivity (Wildman–Crippen MR) is 82.9 cm³/mol. The molecule has 20 heavy (non-hydrogen) atoms. The molecule has 5 nitrogen and oxygen atoms in total. The molecule has 0 saturated heterocycles. The molecule has 0 unspecified atom stereocenters. The zero-order valence-corrected chi connectivity index (χ0v) is 14.6. The van der Waals surface area contributed by atoms with E-state index in [2.05, 4.69) is 20.0 Å². The van der Waals surface area contributed by atoms with Gasteiger partial charge in [-0.2, -0.15) is 0 Å². The molecular weight excluding hydrogens is 276 g/mol. The maximum absolute atomic E-state index is 5.77. The van der Waals surface area contributed by atoms with Gasteiger partial charge in [0, 0.05) is 20.3 Å². The molecule has 0 atom stereocenters. The van der Waals surface area contributed by atoms with Crippen LogP contribution in [0.2, 0.25) is 19.1 Å². The number of ether oxygens (including phenoxy) is 4. The molecule has 0 rings (SSSR count). The highest BCUT2D eigenvalue weighted by molar-refractivity contribution is 6.71. The van der Waals surface area contributed by atoms with Crippen molar-refractivity contribution in [2.45, 2.75) is 32.5 Å². The summed E-state index contributed by atoms with van der Waals surface area (Å²) in [6, 6.07) is 1.15. The zero-order valence-electron chi connectivity index (χ0n) is 13.6.